The standard InChI is InChI=1S/C13H19FN2O2S2/c1-15-7-10-2-3-12(14)13(6-10)20(17,18)16-8-11-4-5-19-9-11/h2-3,6,11,15-16H,4-5,7-9H2,1H3. The quantitative estimate of drug-likeness (QED) is 0.836. The van der Waals surface area contributed by atoms with Gasteiger partial charge in [-0.15, -0.1) is 0 Å². The normalized spacial score (nSPS) is 19.4. The lowest BCUT2D eigenvalue weighted by Gasteiger charge is -2.12. The van der Waals surface area contributed by atoms with Gasteiger partial charge in [0, 0.05) is 13.1 Å². The van der Waals surface area contributed by atoms with Crippen molar-refractivity contribution in [3.05, 3.63) is 29.6 Å². The third kappa shape index (κ3) is 3.94. The molecule has 0 radical (unpaired) electrons. The third-order valence-corrected chi connectivity index (χ3v) is 5.92. The summed E-state index contributed by atoms with van der Waals surface area (Å²) >= 11 is 1.82. The Morgan fingerprint density at radius 1 is 1.45 bits per heavy atom. The number of hydrogen-bond acceptors (Lipinski definition) is 4. The highest BCUT2D eigenvalue weighted by molar-refractivity contribution is 7.99. The summed E-state index contributed by atoms with van der Waals surface area (Å²) in [6.45, 7) is 0.882. The van der Waals surface area contributed by atoms with E-state index in [1.54, 1.807) is 13.1 Å². The number of hydrogen-bond donors (Lipinski definition) is 2. The van der Waals surface area contributed by atoms with Gasteiger partial charge in [0.25, 0.3) is 0 Å². The van der Waals surface area contributed by atoms with Gasteiger partial charge in [-0.3, -0.25) is 0 Å². The van der Waals surface area contributed by atoms with Crippen molar-refractivity contribution in [3.8, 4) is 0 Å². The van der Waals surface area contributed by atoms with Gasteiger partial charge in [0.2, 0.25) is 10.0 Å². The molecule has 0 bridgehead atoms. The molecule has 4 nitrogen and oxygen atoms in total. The molecule has 1 aliphatic heterocycles. The number of halogens is 1. The second kappa shape index (κ2) is 6.89. The molecule has 0 amide bonds. The van der Waals surface area contributed by atoms with Crippen LogP contribution in [0, 0.1) is 11.7 Å². The van der Waals surface area contributed by atoms with Gasteiger partial charge in [0.05, 0.1) is 0 Å². The van der Waals surface area contributed by atoms with E-state index in [-0.39, 0.29) is 4.90 Å². The molecule has 112 valence electrons. The highest BCUT2D eigenvalue weighted by Gasteiger charge is 2.22. The zero-order valence-corrected chi connectivity index (χ0v) is 13.0. The van der Waals surface area contributed by atoms with Crippen molar-refractivity contribution in [1.29, 1.82) is 0 Å². The number of nitrogens with one attached hydrogen (secondary N) is 2. The zero-order valence-electron chi connectivity index (χ0n) is 11.4. The first-order chi connectivity index (χ1) is 9.53. The van der Waals surface area contributed by atoms with Crippen molar-refractivity contribution in [2.75, 3.05) is 25.1 Å². The highest BCUT2D eigenvalue weighted by Crippen LogP contribution is 2.23. The highest BCUT2D eigenvalue weighted by atomic mass is 32.2. The molecule has 0 aromatic heterocycles. The average Bonchev–Trinajstić information content (AvgIpc) is 2.92. The van der Waals surface area contributed by atoms with Crippen LogP contribution in [0.5, 0.6) is 0 Å². The van der Waals surface area contributed by atoms with E-state index >= 15 is 0 Å². The summed E-state index contributed by atoms with van der Waals surface area (Å²) in [6, 6.07) is 4.17. The largest absolute Gasteiger partial charge is 0.316 e. The summed E-state index contributed by atoms with van der Waals surface area (Å²) in [6.07, 6.45) is 1.01. The van der Waals surface area contributed by atoms with Crippen molar-refractivity contribution >= 4 is 21.8 Å². The van der Waals surface area contributed by atoms with Gasteiger partial charge in [-0.2, -0.15) is 11.8 Å². The minimum absolute atomic E-state index is 0.268. The van der Waals surface area contributed by atoms with Gasteiger partial charge < -0.3 is 5.32 Å². The van der Waals surface area contributed by atoms with E-state index in [0.29, 0.717) is 19.0 Å². The molecule has 0 spiro atoms. The van der Waals surface area contributed by atoms with Crippen molar-refractivity contribution in [3.63, 3.8) is 0 Å². The van der Waals surface area contributed by atoms with E-state index in [2.05, 4.69) is 10.0 Å². The molecule has 1 saturated heterocycles. The maximum atomic E-state index is 13.8. The van der Waals surface area contributed by atoms with Crippen LogP contribution in [0.4, 0.5) is 4.39 Å². The first-order valence-electron chi connectivity index (χ1n) is 6.53. The Labute approximate surface area is 123 Å². The van der Waals surface area contributed by atoms with Crippen LogP contribution in [-0.4, -0.2) is 33.5 Å². The van der Waals surface area contributed by atoms with E-state index < -0.39 is 15.8 Å². The molecule has 20 heavy (non-hydrogen) atoms. The second-order valence-electron chi connectivity index (χ2n) is 4.88. The fourth-order valence-corrected chi connectivity index (χ4v) is 4.64. The lowest BCUT2D eigenvalue weighted by Crippen LogP contribution is -2.30. The molecule has 1 aromatic carbocycles. The lowest BCUT2D eigenvalue weighted by molar-refractivity contribution is 0.533. The topological polar surface area (TPSA) is 58.2 Å². The van der Waals surface area contributed by atoms with E-state index in [1.807, 2.05) is 11.8 Å². The summed E-state index contributed by atoms with van der Waals surface area (Å²) in [5.41, 5.74) is 0.741. The van der Waals surface area contributed by atoms with E-state index in [1.165, 1.54) is 12.1 Å². The Bertz CT molecular complexity index is 557. The molecular formula is C13H19FN2O2S2. The zero-order chi connectivity index (χ0) is 14.6. The van der Waals surface area contributed by atoms with Crippen molar-refractivity contribution in [2.45, 2.75) is 17.9 Å². The molecular weight excluding hydrogens is 299 g/mol. The number of thioether (sulfide) groups is 1. The van der Waals surface area contributed by atoms with Gasteiger partial charge in [-0.1, -0.05) is 6.07 Å². The Kier molecular flexibility index (Phi) is 5.42. The Morgan fingerprint density at radius 2 is 2.25 bits per heavy atom. The second-order valence-corrected chi connectivity index (χ2v) is 7.76. The van der Waals surface area contributed by atoms with Crippen LogP contribution >= 0.6 is 11.8 Å². The van der Waals surface area contributed by atoms with E-state index in [9.17, 15) is 12.8 Å². The number of rotatable bonds is 6. The van der Waals surface area contributed by atoms with Gasteiger partial charge >= 0.3 is 0 Å². The van der Waals surface area contributed by atoms with Crippen LogP contribution in [0.1, 0.15) is 12.0 Å². The molecule has 1 aromatic rings. The van der Waals surface area contributed by atoms with Gasteiger partial charge in [0.1, 0.15) is 10.7 Å². The predicted molar refractivity (Wildman–Crippen MR) is 79.8 cm³/mol. The maximum Gasteiger partial charge on any atom is 0.243 e. The summed E-state index contributed by atoms with van der Waals surface area (Å²) in [4.78, 5) is -0.268. The van der Waals surface area contributed by atoms with Gasteiger partial charge in [0.15, 0.2) is 0 Å². The van der Waals surface area contributed by atoms with Crippen LogP contribution in [-0.2, 0) is 16.6 Å². The Balaban J connectivity index is 2.12. The molecule has 7 heteroatoms. The predicted octanol–water partition coefficient (Wildman–Crippen LogP) is 1.58. The van der Waals surface area contributed by atoms with E-state index in [4.69, 9.17) is 0 Å². The van der Waals surface area contributed by atoms with Crippen LogP contribution in [0.15, 0.2) is 23.1 Å². The Hall–Kier alpha value is -0.630. The van der Waals surface area contributed by atoms with E-state index in [0.717, 1.165) is 23.5 Å². The van der Waals surface area contributed by atoms with Crippen molar-refractivity contribution in [2.24, 2.45) is 5.92 Å². The monoisotopic (exact) mass is 318 g/mol. The fourth-order valence-electron chi connectivity index (χ4n) is 2.12. The van der Waals surface area contributed by atoms with Crippen molar-refractivity contribution in [1.82, 2.24) is 10.0 Å². The molecule has 1 unspecified atom stereocenters. The summed E-state index contributed by atoms with van der Waals surface area (Å²) in [5, 5.41) is 2.92. The molecule has 0 aliphatic carbocycles. The fraction of sp³-hybridized carbons (Fsp3) is 0.538. The van der Waals surface area contributed by atoms with Crippen LogP contribution < -0.4 is 10.0 Å². The molecule has 2 rings (SSSR count). The number of benzene rings is 1. The number of sulfonamides is 1. The SMILES string of the molecule is CNCc1ccc(F)c(S(=O)(=O)NCC2CCSC2)c1. The van der Waals surface area contributed by atoms with Crippen molar-refractivity contribution < 1.29 is 12.8 Å². The Morgan fingerprint density at radius 3 is 2.90 bits per heavy atom. The summed E-state index contributed by atoms with van der Waals surface area (Å²) < 4.78 is 40.7. The summed E-state index contributed by atoms with van der Waals surface area (Å²) in [7, 11) is -2.02. The molecule has 1 atom stereocenters. The van der Waals surface area contributed by atoms with Crippen LogP contribution in [0.25, 0.3) is 0 Å². The summed E-state index contributed by atoms with van der Waals surface area (Å²) in [5.74, 6) is 1.67. The minimum Gasteiger partial charge on any atom is -0.316 e. The van der Waals surface area contributed by atoms with Crippen LogP contribution in [0.3, 0.4) is 0 Å². The molecule has 1 heterocycles. The smallest absolute Gasteiger partial charge is 0.243 e. The molecule has 1 fully saturated rings. The average molecular weight is 318 g/mol. The third-order valence-electron chi connectivity index (χ3n) is 3.25. The van der Waals surface area contributed by atoms with Gasteiger partial charge in [-0.05, 0) is 48.6 Å². The molecule has 1 aliphatic rings. The first kappa shape index (κ1) is 15.8. The minimum atomic E-state index is -3.78. The lowest BCUT2D eigenvalue weighted by atomic mass is 10.1. The maximum absolute atomic E-state index is 13.8. The first-order valence-corrected chi connectivity index (χ1v) is 9.17. The molecule has 2 N–H and O–H groups in total. The molecule has 0 saturated carbocycles. The van der Waals surface area contributed by atoms with Gasteiger partial charge in [-0.25, -0.2) is 17.5 Å². The van der Waals surface area contributed by atoms with Crippen LogP contribution in [0.2, 0.25) is 0 Å².